The van der Waals surface area contributed by atoms with Crippen LogP contribution in [0.15, 0.2) is 66.7 Å². The van der Waals surface area contributed by atoms with Gasteiger partial charge in [-0.3, -0.25) is 14.8 Å². The van der Waals surface area contributed by atoms with E-state index in [0.717, 1.165) is 71.8 Å². The van der Waals surface area contributed by atoms with Gasteiger partial charge >= 0.3 is 0 Å². The summed E-state index contributed by atoms with van der Waals surface area (Å²) in [7, 11) is 0. The topological polar surface area (TPSA) is 70.2 Å². The van der Waals surface area contributed by atoms with Gasteiger partial charge in [0.2, 0.25) is 0 Å². The number of aromatic amines is 1. The highest BCUT2D eigenvalue weighted by Gasteiger charge is 2.23. The molecule has 4 aromatic rings. The minimum atomic E-state index is -0.0736. The smallest absolute Gasteiger partial charge is 0.256 e. The Morgan fingerprint density at radius 1 is 0.943 bits per heavy atom. The predicted octanol–water partition coefficient (Wildman–Crippen LogP) is 5.06. The van der Waals surface area contributed by atoms with E-state index in [1.165, 1.54) is 5.56 Å². The molecule has 3 aromatic carbocycles. The normalized spacial score (nSPS) is 17.4. The Hall–Kier alpha value is -4.00. The van der Waals surface area contributed by atoms with Crippen LogP contribution in [0.1, 0.15) is 27.9 Å². The Morgan fingerprint density at radius 3 is 2.60 bits per heavy atom. The number of para-hydroxylation sites is 1. The molecule has 174 valence electrons. The molecule has 1 saturated heterocycles. The molecule has 1 amide bonds. The van der Waals surface area contributed by atoms with Gasteiger partial charge in [0, 0.05) is 41.8 Å². The van der Waals surface area contributed by atoms with Gasteiger partial charge in [0.05, 0.1) is 24.4 Å². The molecule has 6 heteroatoms. The molecule has 0 saturated carbocycles. The van der Waals surface area contributed by atoms with Crippen LogP contribution in [0.3, 0.4) is 0 Å². The molecule has 1 aromatic heterocycles. The molecule has 35 heavy (non-hydrogen) atoms. The summed E-state index contributed by atoms with van der Waals surface area (Å²) in [6, 6.07) is 22.5. The summed E-state index contributed by atoms with van der Waals surface area (Å²) in [6.07, 6.45) is 6.05. The highest BCUT2D eigenvalue weighted by atomic mass is 16.5. The lowest BCUT2D eigenvalue weighted by Crippen LogP contribution is -2.35. The number of carbonyl (C=O) groups excluding carboxylic acids is 1. The maximum atomic E-state index is 12.4. The van der Waals surface area contributed by atoms with Gasteiger partial charge < -0.3 is 10.1 Å². The number of ether oxygens (including phenoxy) is 1. The Balaban J connectivity index is 1.18. The van der Waals surface area contributed by atoms with Gasteiger partial charge in [0.1, 0.15) is 0 Å². The number of carbonyl (C=O) groups is 1. The van der Waals surface area contributed by atoms with Gasteiger partial charge in [-0.05, 0) is 47.0 Å². The molecule has 0 spiro atoms. The first-order chi connectivity index (χ1) is 17.2. The zero-order valence-electron chi connectivity index (χ0n) is 19.3. The lowest BCUT2D eigenvalue weighted by Gasteiger charge is -2.26. The third-order valence-corrected chi connectivity index (χ3v) is 6.56. The minimum absolute atomic E-state index is 0.0736. The van der Waals surface area contributed by atoms with E-state index in [-0.39, 0.29) is 5.91 Å². The predicted molar refractivity (Wildman–Crippen MR) is 141 cm³/mol. The highest BCUT2D eigenvalue weighted by Crippen LogP contribution is 2.33. The summed E-state index contributed by atoms with van der Waals surface area (Å²) in [6.45, 7) is 4.59. The van der Waals surface area contributed by atoms with Gasteiger partial charge in [-0.25, -0.2) is 0 Å². The largest absolute Gasteiger partial charge is 0.379 e. The van der Waals surface area contributed by atoms with Crippen molar-refractivity contribution in [1.29, 1.82) is 0 Å². The van der Waals surface area contributed by atoms with Crippen molar-refractivity contribution in [2.24, 2.45) is 0 Å². The average Bonchev–Trinajstić information content (AvgIpc) is 3.44. The molecule has 0 bridgehead atoms. The van der Waals surface area contributed by atoms with Crippen LogP contribution in [0.25, 0.3) is 34.7 Å². The maximum Gasteiger partial charge on any atom is 0.256 e. The third kappa shape index (κ3) is 4.54. The second-order valence-electron chi connectivity index (χ2n) is 8.94. The Morgan fingerprint density at radius 2 is 1.74 bits per heavy atom. The molecule has 6 rings (SSSR count). The Kier molecular flexibility index (Phi) is 5.74. The van der Waals surface area contributed by atoms with E-state index in [1.807, 2.05) is 48.6 Å². The van der Waals surface area contributed by atoms with Crippen molar-refractivity contribution >= 4 is 46.3 Å². The van der Waals surface area contributed by atoms with Crippen LogP contribution in [0.5, 0.6) is 0 Å². The van der Waals surface area contributed by atoms with Gasteiger partial charge in [-0.15, -0.1) is 0 Å². The van der Waals surface area contributed by atoms with Crippen molar-refractivity contribution in [3.05, 3.63) is 94.7 Å². The molecule has 0 atom stereocenters. The van der Waals surface area contributed by atoms with Gasteiger partial charge in [-0.2, -0.15) is 5.10 Å². The number of anilines is 1. The number of H-pyrrole nitrogens is 1. The van der Waals surface area contributed by atoms with Crippen LogP contribution >= 0.6 is 0 Å². The van der Waals surface area contributed by atoms with E-state index in [2.05, 4.69) is 56.8 Å². The Labute approximate surface area is 203 Å². The van der Waals surface area contributed by atoms with E-state index < -0.39 is 0 Å². The van der Waals surface area contributed by atoms with E-state index in [4.69, 9.17) is 4.74 Å². The number of rotatable bonds is 5. The van der Waals surface area contributed by atoms with Crippen LogP contribution in [0.4, 0.5) is 5.69 Å². The molecular weight excluding hydrogens is 436 g/mol. The van der Waals surface area contributed by atoms with Gasteiger partial charge in [0.25, 0.3) is 5.91 Å². The zero-order chi connectivity index (χ0) is 23.6. The standard InChI is InChI=1S/C29H26N4O2/c34-29-25(23-3-1-2-4-26(23)30-29)17-22-9-11-24-27(31-32-28(24)18-22)12-10-20-5-7-21(8-6-20)19-33-13-15-35-16-14-33/h1-12,17-18H,13-16,19H2,(H,30,34)(H,31,32)/b12-10?,25-17+. The number of amides is 1. The summed E-state index contributed by atoms with van der Waals surface area (Å²) < 4.78 is 5.43. The second kappa shape index (κ2) is 9.33. The first-order valence-electron chi connectivity index (χ1n) is 11.9. The number of benzene rings is 3. The van der Waals surface area contributed by atoms with Gasteiger partial charge in [0.15, 0.2) is 0 Å². The van der Waals surface area contributed by atoms with Crippen LogP contribution in [0.2, 0.25) is 0 Å². The van der Waals surface area contributed by atoms with E-state index >= 15 is 0 Å². The molecule has 2 aliphatic heterocycles. The first kappa shape index (κ1) is 21.5. The fourth-order valence-corrected chi connectivity index (χ4v) is 4.65. The van der Waals surface area contributed by atoms with Crippen molar-refractivity contribution < 1.29 is 9.53 Å². The fraction of sp³-hybridized carbons (Fsp3) is 0.172. The number of fused-ring (bicyclic) bond motifs is 2. The van der Waals surface area contributed by atoms with Crippen molar-refractivity contribution in [2.45, 2.75) is 6.54 Å². The summed E-state index contributed by atoms with van der Waals surface area (Å²) in [5.74, 6) is -0.0736. The van der Waals surface area contributed by atoms with Crippen molar-refractivity contribution in [2.75, 3.05) is 31.6 Å². The maximum absolute atomic E-state index is 12.4. The zero-order valence-corrected chi connectivity index (χ0v) is 19.3. The monoisotopic (exact) mass is 462 g/mol. The molecule has 6 nitrogen and oxygen atoms in total. The Bertz CT molecular complexity index is 1440. The second-order valence-corrected chi connectivity index (χ2v) is 8.94. The lowest BCUT2D eigenvalue weighted by atomic mass is 10.0. The van der Waals surface area contributed by atoms with Crippen molar-refractivity contribution in [3.63, 3.8) is 0 Å². The minimum Gasteiger partial charge on any atom is -0.379 e. The SMILES string of the molecule is O=C1Nc2ccccc2/C1=C\c1ccc2c(C=Cc3ccc(CN4CCOCC4)cc3)n[nH]c2c1. The molecule has 2 aliphatic rings. The van der Waals surface area contributed by atoms with Crippen molar-refractivity contribution in [3.8, 4) is 0 Å². The lowest BCUT2D eigenvalue weighted by molar-refractivity contribution is -0.110. The number of hydrogen-bond acceptors (Lipinski definition) is 4. The van der Waals surface area contributed by atoms with Crippen LogP contribution in [-0.4, -0.2) is 47.3 Å². The number of hydrogen-bond donors (Lipinski definition) is 2. The summed E-state index contributed by atoms with van der Waals surface area (Å²) in [5.41, 5.74) is 7.70. The van der Waals surface area contributed by atoms with Crippen LogP contribution in [0, 0.1) is 0 Å². The molecule has 0 radical (unpaired) electrons. The van der Waals surface area contributed by atoms with Crippen LogP contribution < -0.4 is 5.32 Å². The summed E-state index contributed by atoms with van der Waals surface area (Å²) >= 11 is 0. The van der Waals surface area contributed by atoms with E-state index in [1.54, 1.807) is 0 Å². The first-order valence-corrected chi connectivity index (χ1v) is 11.9. The number of nitrogens with one attached hydrogen (secondary N) is 2. The van der Waals surface area contributed by atoms with Crippen LogP contribution in [-0.2, 0) is 16.1 Å². The molecule has 0 aliphatic carbocycles. The number of nitrogens with zero attached hydrogens (tertiary/aromatic N) is 2. The van der Waals surface area contributed by atoms with E-state index in [0.29, 0.717) is 5.57 Å². The molecule has 2 N–H and O–H groups in total. The molecule has 3 heterocycles. The molecular formula is C29H26N4O2. The summed E-state index contributed by atoms with van der Waals surface area (Å²) in [5, 5.41) is 11.6. The molecule has 0 unspecified atom stereocenters. The number of aromatic nitrogens is 2. The summed E-state index contributed by atoms with van der Waals surface area (Å²) in [4.78, 5) is 14.9. The highest BCUT2D eigenvalue weighted by molar-refractivity contribution is 6.34. The fourth-order valence-electron chi connectivity index (χ4n) is 4.65. The van der Waals surface area contributed by atoms with Crippen molar-refractivity contribution in [1.82, 2.24) is 15.1 Å². The third-order valence-electron chi connectivity index (χ3n) is 6.56. The average molecular weight is 463 g/mol. The number of morpholine rings is 1. The van der Waals surface area contributed by atoms with E-state index in [9.17, 15) is 4.79 Å². The van der Waals surface area contributed by atoms with Gasteiger partial charge in [-0.1, -0.05) is 54.6 Å². The molecule has 1 fully saturated rings. The quantitative estimate of drug-likeness (QED) is 0.407.